The summed E-state index contributed by atoms with van der Waals surface area (Å²) in [7, 11) is 0. The lowest BCUT2D eigenvalue weighted by atomic mass is 10.4. The van der Waals surface area contributed by atoms with E-state index < -0.39 is 0 Å². The molecule has 0 radical (unpaired) electrons. The molecule has 0 aromatic carbocycles. The summed E-state index contributed by atoms with van der Waals surface area (Å²) in [5.41, 5.74) is 0.855. The molecule has 0 atom stereocenters. The van der Waals surface area contributed by atoms with E-state index in [1.165, 1.54) is 0 Å². The van der Waals surface area contributed by atoms with E-state index in [-0.39, 0.29) is 0 Å². The fourth-order valence-corrected chi connectivity index (χ4v) is 1.52. The largest absolute Gasteiger partial charge is 0.363 e. The van der Waals surface area contributed by atoms with Gasteiger partial charge in [-0.25, -0.2) is 9.97 Å². The van der Waals surface area contributed by atoms with Gasteiger partial charge in [-0.2, -0.15) is 0 Å². The van der Waals surface area contributed by atoms with E-state index >= 15 is 0 Å². The molecule has 0 saturated heterocycles. The zero-order valence-electron chi connectivity index (χ0n) is 8.99. The standard InChI is InChI=1S/C10H11ClN4O/c1-6-3-8(16-15-6)5-12-10-4-9(11)13-7(2)14-10/h3-4H,5H2,1-2H3,(H,12,13,14). The summed E-state index contributed by atoms with van der Waals surface area (Å²) in [4.78, 5) is 8.16. The van der Waals surface area contributed by atoms with Gasteiger partial charge in [-0.05, 0) is 13.8 Å². The van der Waals surface area contributed by atoms with Crippen LogP contribution in [-0.2, 0) is 6.54 Å². The maximum Gasteiger partial charge on any atom is 0.156 e. The highest BCUT2D eigenvalue weighted by atomic mass is 35.5. The van der Waals surface area contributed by atoms with Gasteiger partial charge in [0.05, 0.1) is 12.2 Å². The predicted molar refractivity (Wildman–Crippen MR) is 60.3 cm³/mol. The number of anilines is 1. The molecule has 2 aromatic heterocycles. The van der Waals surface area contributed by atoms with Crippen LogP contribution in [0.1, 0.15) is 17.3 Å². The van der Waals surface area contributed by atoms with Crippen LogP contribution in [0.5, 0.6) is 0 Å². The number of nitrogens with zero attached hydrogens (tertiary/aromatic N) is 3. The maximum atomic E-state index is 5.81. The molecule has 2 heterocycles. The molecule has 0 aliphatic carbocycles. The van der Waals surface area contributed by atoms with Gasteiger partial charge in [0.25, 0.3) is 0 Å². The van der Waals surface area contributed by atoms with E-state index in [0.29, 0.717) is 23.3 Å². The Hall–Kier alpha value is -1.62. The summed E-state index contributed by atoms with van der Waals surface area (Å²) in [5, 5.41) is 7.30. The normalized spacial score (nSPS) is 10.4. The molecular weight excluding hydrogens is 228 g/mol. The topological polar surface area (TPSA) is 63.8 Å². The summed E-state index contributed by atoms with van der Waals surface area (Å²) >= 11 is 5.81. The summed E-state index contributed by atoms with van der Waals surface area (Å²) in [6.45, 7) is 4.18. The lowest BCUT2D eigenvalue weighted by molar-refractivity contribution is 0.384. The molecule has 0 fully saturated rings. The fourth-order valence-electron chi connectivity index (χ4n) is 1.30. The second-order valence-corrected chi connectivity index (χ2v) is 3.80. The van der Waals surface area contributed by atoms with Gasteiger partial charge < -0.3 is 9.84 Å². The number of hydrogen-bond acceptors (Lipinski definition) is 5. The third kappa shape index (κ3) is 2.70. The Kier molecular flexibility index (Phi) is 3.05. The number of rotatable bonds is 3. The highest BCUT2D eigenvalue weighted by Gasteiger charge is 2.03. The van der Waals surface area contributed by atoms with Gasteiger partial charge in [0.2, 0.25) is 0 Å². The first-order valence-electron chi connectivity index (χ1n) is 4.81. The zero-order chi connectivity index (χ0) is 11.5. The van der Waals surface area contributed by atoms with Crippen LogP contribution in [0.4, 0.5) is 5.82 Å². The van der Waals surface area contributed by atoms with Gasteiger partial charge in [0.15, 0.2) is 5.76 Å². The Morgan fingerprint density at radius 2 is 2.12 bits per heavy atom. The van der Waals surface area contributed by atoms with Gasteiger partial charge in [-0.1, -0.05) is 16.8 Å². The van der Waals surface area contributed by atoms with Crippen LogP contribution >= 0.6 is 11.6 Å². The van der Waals surface area contributed by atoms with Crippen LogP contribution in [-0.4, -0.2) is 15.1 Å². The zero-order valence-corrected chi connectivity index (χ0v) is 9.75. The highest BCUT2D eigenvalue weighted by molar-refractivity contribution is 6.29. The van der Waals surface area contributed by atoms with Gasteiger partial charge in [-0.3, -0.25) is 0 Å². The minimum absolute atomic E-state index is 0.420. The van der Waals surface area contributed by atoms with Crippen molar-refractivity contribution in [1.29, 1.82) is 0 Å². The van der Waals surface area contributed by atoms with E-state index in [9.17, 15) is 0 Å². The minimum atomic E-state index is 0.420. The Labute approximate surface area is 97.8 Å². The Morgan fingerprint density at radius 3 is 2.75 bits per heavy atom. The molecule has 0 saturated carbocycles. The van der Waals surface area contributed by atoms with Crippen molar-refractivity contribution >= 4 is 17.4 Å². The lowest BCUT2D eigenvalue weighted by Crippen LogP contribution is -2.02. The van der Waals surface area contributed by atoms with Crippen LogP contribution in [0.3, 0.4) is 0 Å². The summed E-state index contributed by atoms with van der Waals surface area (Å²) in [6, 6.07) is 3.53. The van der Waals surface area contributed by atoms with Gasteiger partial charge >= 0.3 is 0 Å². The summed E-state index contributed by atoms with van der Waals surface area (Å²) < 4.78 is 5.06. The van der Waals surface area contributed by atoms with Crippen molar-refractivity contribution < 1.29 is 4.52 Å². The van der Waals surface area contributed by atoms with Crippen LogP contribution in [0.25, 0.3) is 0 Å². The van der Waals surface area contributed by atoms with Crippen molar-refractivity contribution in [2.45, 2.75) is 20.4 Å². The molecule has 16 heavy (non-hydrogen) atoms. The maximum absolute atomic E-state index is 5.81. The van der Waals surface area contributed by atoms with Crippen molar-refractivity contribution in [3.63, 3.8) is 0 Å². The fraction of sp³-hybridized carbons (Fsp3) is 0.300. The molecule has 1 N–H and O–H groups in total. The molecule has 0 spiro atoms. The van der Waals surface area contributed by atoms with E-state index in [2.05, 4.69) is 20.4 Å². The quantitative estimate of drug-likeness (QED) is 0.832. The van der Waals surface area contributed by atoms with Crippen molar-refractivity contribution in [2.75, 3.05) is 5.32 Å². The Bertz CT molecular complexity index is 477. The molecule has 2 rings (SSSR count). The van der Waals surface area contributed by atoms with E-state index in [1.807, 2.05) is 13.0 Å². The second-order valence-electron chi connectivity index (χ2n) is 3.41. The number of aryl methyl sites for hydroxylation is 2. The third-order valence-corrected chi connectivity index (χ3v) is 2.12. The molecule has 0 amide bonds. The molecule has 6 heteroatoms. The molecule has 0 bridgehead atoms. The van der Waals surface area contributed by atoms with Crippen LogP contribution in [0.15, 0.2) is 16.7 Å². The molecule has 0 aliphatic rings. The van der Waals surface area contributed by atoms with Gasteiger partial charge in [0.1, 0.15) is 16.8 Å². The average Bonchev–Trinajstić information content (AvgIpc) is 2.60. The second kappa shape index (κ2) is 4.49. The number of halogens is 1. The molecule has 0 unspecified atom stereocenters. The van der Waals surface area contributed by atoms with Crippen molar-refractivity contribution in [1.82, 2.24) is 15.1 Å². The monoisotopic (exact) mass is 238 g/mol. The minimum Gasteiger partial charge on any atom is -0.363 e. The Morgan fingerprint density at radius 1 is 1.31 bits per heavy atom. The molecule has 84 valence electrons. The first-order chi connectivity index (χ1) is 7.63. The van der Waals surface area contributed by atoms with E-state index in [4.69, 9.17) is 16.1 Å². The van der Waals surface area contributed by atoms with E-state index in [1.54, 1.807) is 13.0 Å². The van der Waals surface area contributed by atoms with Crippen molar-refractivity contribution in [2.24, 2.45) is 0 Å². The van der Waals surface area contributed by atoms with Crippen molar-refractivity contribution in [3.05, 3.63) is 34.6 Å². The van der Waals surface area contributed by atoms with Crippen LogP contribution < -0.4 is 5.32 Å². The molecule has 5 nitrogen and oxygen atoms in total. The number of hydrogen-bond donors (Lipinski definition) is 1. The summed E-state index contributed by atoms with van der Waals surface area (Å²) in [6.07, 6.45) is 0. The first kappa shape index (κ1) is 10.9. The van der Waals surface area contributed by atoms with Gasteiger partial charge in [0, 0.05) is 12.1 Å². The third-order valence-electron chi connectivity index (χ3n) is 1.93. The molecule has 0 aliphatic heterocycles. The van der Waals surface area contributed by atoms with Crippen LogP contribution in [0.2, 0.25) is 5.15 Å². The average molecular weight is 239 g/mol. The lowest BCUT2D eigenvalue weighted by Gasteiger charge is -2.03. The predicted octanol–water partition coefficient (Wildman–Crippen LogP) is 2.35. The van der Waals surface area contributed by atoms with E-state index in [0.717, 1.165) is 11.5 Å². The van der Waals surface area contributed by atoms with Crippen LogP contribution in [0, 0.1) is 13.8 Å². The highest BCUT2D eigenvalue weighted by Crippen LogP contribution is 2.12. The Balaban J connectivity index is 2.04. The first-order valence-corrected chi connectivity index (χ1v) is 5.18. The molecule has 2 aromatic rings. The smallest absolute Gasteiger partial charge is 0.156 e. The molecular formula is C10H11ClN4O. The summed E-state index contributed by atoms with van der Waals surface area (Å²) in [5.74, 6) is 2.06. The van der Waals surface area contributed by atoms with Crippen molar-refractivity contribution in [3.8, 4) is 0 Å². The van der Waals surface area contributed by atoms with Gasteiger partial charge in [-0.15, -0.1) is 0 Å². The SMILES string of the molecule is Cc1cc(CNc2cc(Cl)nc(C)n2)on1. The number of aromatic nitrogens is 3. The number of nitrogens with one attached hydrogen (secondary N) is 1.